The van der Waals surface area contributed by atoms with E-state index in [1.165, 1.54) is 18.7 Å². The van der Waals surface area contributed by atoms with Gasteiger partial charge in [-0.25, -0.2) is 14.2 Å². The van der Waals surface area contributed by atoms with Crippen molar-refractivity contribution in [3.63, 3.8) is 0 Å². The van der Waals surface area contributed by atoms with Crippen LogP contribution in [0.5, 0.6) is 0 Å². The van der Waals surface area contributed by atoms with Crippen molar-refractivity contribution in [1.29, 1.82) is 0 Å². The Morgan fingerprint density at radius 3 is 2.83 bits per heavy atom. The van der Waals surface area contributed by atoms with E-state index in [0.29, 0.717) is 0 Å². The van der Waals surface area contributed by atoms with Crippen molar-refractivity contribution < 1.29 is 14.1 Å². The molecule has 0 unspecified atom stereocenters. The third-order valence-corrected chi connectivity index (χ3v) is 2.14. The zero-order valence-corrected chi connectivity index (χ0v) is 8.91. The number of nitrogens with zero attached hydrogens (tertiary/aromatic N) is 3. The van der Waals surface area contributed by atoms with Crippen LogP contribution in [0.25, 0.3) is 0 Å². The number of benzene rings is 1. The molecule has 2 rings (SSSR count). The molecule has 1 amide bonds. The highest BCUT2D eigenvalue weighted by Crippen LogP contribution is 2.20. The van der Waals surface area contributed by atoms with Gasteiger partial charge in [-0.15, -0.1) is 0 Å². The molecule has 8 heteroatoms. The molecule has 0 fully saturated rings. The molecule has 0 atom stereocenters. The zero-order chi connectivity index (χ0) is 13.1. The molecule has 0 radical (unpaired) electrons. The number of hydrogen-bond donors (Lipinski definition) is 1. The number of carbonyl (C=O) groups excluding carboxylic acids is 1. The number of amides is 1. The first-order valence-corrected chi connectivity index (χ1v) is 4.81. The maximum absolute atomic E-state index is 13.5. The first-order valence-electron chi connectivity index (χ1n) is 4.81. The SMILES string of the molecule is O=C(Nc1ccc([N+](=O)[O-])cc1F)n1ccnc1. The van der Waals surface area contributed by atoms with E-state index in [-0.39, 0.29) is 11.4 Å². The summed E-state index contributed by atoms with van der Waals surface area (Å²) < 4.78 is 14.6. The van der Waals surface area contributed by atoms with Gasteiger partial charge in [-0.1, -0.05) is 0 Å². The number of halogens is 1. The Morgan fingerprint density at radius 1 is 1.50 bits per heavy atom. The van der Waals surface area contributed by atoms with E-state index in [2.05, 4.69) is 10.3 Å². The van der Waals surface area contributed by atoms with Crippen LogP contribution in [0.3, 0.4) is 0 Å². The molecule has 0 spiro atoms. The Morgan fingerprint density at radius 2 is 2.28 bits per heavy atom. The molecule has 7 nitrogen and oxygen atoms in total. The first kappa shape index (κ1) is 11.7. The number of nitro groups is 1. The summed E-state index contributed by atoms with van der Waals surface area (Å²) in [7, 11) is 0. The van der Waals surface area contributed by atoms with Gasteiger partial charge >= 0.3 is 6.03 Å². The largest absolute Gasteiger partial charge is 0.331 e. The van der Waals surface area contributed by atoms with Crippen molar-refractivity contribution in [3.8, 4) is 0 Å². The summed E-state index contributed by atoms with van der Waals surface area (Å²) in [5.41, 5.74) is -0.521. The second-order valence-corrected chi connectivity index (χ2v) is 3.32. The van der Waals surface area contributed by atoms with E-state index in [9.17, 15) is 19.3 Å². The van der Waals surface area contributed by atoms with E-state index in [0.717, 1.165) is 22.8 Å². The van der Waals surface area contributed by atoms with Crippen molar-refractivity contribution in [2.24, 2.45) is 0 Å². The van der Waals surface area contributed by atoms with Crippen LogP contribution in [0.4, 0.5) is 20.6 Å². The van der Waals surface area contributed by atoms with Gasteiger partial charge in [0.2, 0.25) is 0 Å². The highest BCUT2D eigenvalue weighted by Gasteiger charge is 2.13. The third kappa shape index (κ3) is 2.32. The fourth-order valence-corrected chi connectivity index (χ4v) is 1.28. The lowest BCUT2D eigenvalue weighted by Crippen LogP contribution is -2.18. The Labute approximate surface area is 100 Å². The van der Waals surface area contributed by atoms with Gasteiger partial charge in [-0.3, -0.25) is 14.7 Å². The number of nitrogens with one attached hydrogen (secondary N) is 1. The summed E-state index contributed by atoms with van der Waals surface area (Å²) in [6.45, 7) is 0. The molecule has 2 aromatic rings. The number of anilines is 1. The molecule has 1 aromatic carbocycles. The van der Waals surface area contributed by atoms with Crippen LogP contribution >= 0.6 is 0 Å². The number of rotatable bonds is 2. The van der Waals surface area contributed by atoms with Gasteiger partial charge in [0.05, 0.1) is 16.7 Å². The van der Waals surface area contributed by atoms with Gasteiger partial charge in [-0.2, -0.15) is 0 Å². The zero-order valence-electron chi connectivity index (χ0n) is 8.91. The molecule has 0 saturated heterocycles. The van der Waals surface area contributed by atoms with E-state index in [1.54, 1.807) is 0 Å². The summed E-state index contributed by atoms with van der Waals surface area (Å²) in [5, 5.41) is 12.7. The smallest absolute Gasteiger partial charge is 0.304 e. The molecule has 1 heterocycles. The van der Waals surface area contributed by atoms with Gasteiger partial charge in [0.15, 0.2) is 5.82 Å². The molecular weight excluding hydrogens is 243 g/mol. The summed E-state index contributed by atoms with van der Waals surface area (Å²) in [6.07, 6.45) is 4.03. The quantitative estimate of drug-likeness (QED) is 0.652. The van der Waals surface area contributed by atoms with Crippen molar-refractivity contribution in [2.45, 2.75) is 0 Å². The van der Waals surface area contributed by atoms with Gasteiger partial charge in [0.25, 0.3) is 5.69 Å². The third-order valence-electron chi connectivity index (χ3n) is 2.14. The van der Waals surface area contributed by atoms with E-state index >= 15 is 0 Å². The number of aromatic nitrogens is 2. The minimum atomic E-state index is -0.877. The highest BCUT2D eigenvalue weighted by atomic mass is 19.1. The van der Waals surface area contributed by atoms with E-state index < -0.39 is 16.8 Å². The number of hydrogen-bond acceptors (Lipinski definition) is 4. The first-order chi connectivity index (χ1) is 8.58. The number of imidazole rings is 1. The van der Waals surface area contributed by atoms with E-state index in [1.807, 2.05) is 0 Å². The van der Waals surface area contributed by atoms with E-state index in [4.69, 9.17) is 0 Å². The lowest BCUT2D eigenvalue weighted by atomic mass is 10.2. The molecule has 0 aliphatic heterocycles. The second kappa shape index (κ2) is 4.62. The monoisotopic (exact) mass is 250 g/mol. The van der Waals surface area contributed by atoms with Crippen LogP contribution < -0.4 is 5.32 Å². The van der Waals surface area contributed by atoms with Gasteiger partial charge in [-0.05, 0) is 6.07 Å². The molecule has 0 bridgehead atoms. The van der Waals surface area contributed by atoms with Crippen LogP contribution in [0.15, 0.2) is 36.9 Å². The molecule has 0 aliphatic carbocycles. The predicted molar refractivity (Wildman–Crippen MR) is 59.7 cm³/mol. The average Bonchev–Trinajstić information content (AvgIpc) is 2.85. The Balaban J connectivity index is 2.20. The van der Waals surface area contributed by atoms with Crippen LogP contribution in [0.1, 0.15) is 0 Å². The summed E-state index contributed by atoms with van der Waals surface area (Å²) >= 11 is 0. The van der Waals surface area contributed by atoms with Gasteiger partial charge in [0.1, 0.15) is 6.33 Å². The minimum absolute atomic E-state index is 0.140. The van der Waals surface area contributed by atoms with Crippen molar-refractivity contribution in [2.75, 3.05) is 5.32 Å². The fraction of sp³-hybridized carbons (Fsp3) is 0. The van der Waals surface area contributed by atoms with Gasteiger partial charge < -0.3 is 5.32 Å². The lowest BCUT2D eigenvalue weighted by Gasteiger charge is -2.05. The maximum Gasteiger partial charge on any atom is 0.331 e. The molecule has 0 aliphatic rings. The van der Waals surface area contributed by atoms with Crippen LogP contribution in [-0.2, 0) is 0 Å². The van der Waals surface area contributed by atoms with Crippen molar-refractivity contribution >= 4 is 17.4 Å². The topological polar surface area (TPSA) is 90.1 Å². The molecule has 18 heavy (non-hydrogen) atoms. The minimum Gasteiger partial charge on any atom is -0.304 e. The summed E-state index contributed by atoms with van der Waals surface area (Å²) in [5.74, 6) is -0.877. The Hall–Kier alpha value is -2.77. The molecule has 1 aromatic heterocycles. The summed E-state index contributed by atoms with van der Waals surface area (Å²) in [4.78, 5) is 24.9. The predicted octanol–water partition coefficient (Wildman–Crippen LogP) is 2.01. The standard InChI is InChI=1S/C10H7FN4O3/c11-8-5-7(15(17)18)1-2-9(8)13-10(16)14-4-3-12-6-14/h1-6H,(H,13,16). The van der Waals surface area contributed by atoms with Crippen LogP contribution in [-0.4, -0.2) is 20.5 Å². The normalized spacial score (nSPS) is 10.1. The lowest BCUT2D eigenvalue weighted by molar-refractivity contribution is -0.385. The second-order valence-electron chi connectivity index (χ2n) is 3.32. The van der Waals surface area contributed by atoms with Crippen molar-refractivity contribution in [3.05, 3.63) is 52.9 Å². The number of non-ortho nitro benzene ring substituents is 1. The van der Waals surface area contributed by atoms with Crippen molar-refractivity contribution in [1.82, 2.24) is 9.55 Å². The van der Waals surface area contributed by atoms with Gasteiger partial charge in [0, 0.05) is 18.5 Å². The van der Waals surface area contributed by atoms with Crippen LogP contribution in [0, 0.1) is 15.9 Å². The molecule has 0 saturated carbocycles. The molecule has 92 valence electrons. The number of nitro benzene ring substituents is 1. The summed E-state index contributed by atoms with van der Waals surface area (Å²) in [6, 6.07) is 2.36. The fourth-order valence-electron chi connectivity index (χ4n) is 1.28. The molecular formula is C10H7FN4O3. The maximum atomic E-state index is 13.5. The highest BCUT2D eigenvalue weighted by molar-refractivity contribution is 5.91. The number of carbonyl (C=O) groups is 1. The Bertz CT molecular complexity index is 597. The average molecular weight is 250 g/mol. The van der Waals surface area contributed by atoms with Crippen LogP contribution in [0.2, 0.25) is 0 Å². The Kier molecular flexibility index (Phi) is 3.00. The molecule has 1 N–H and O–H groups in total.